The van der Waals surface area contributed by atoms with E-state index < -0.39 is 0 Å². The van der Waals surface area contributed by atoms with Gasteiger partial charge in [-0.3, -0.25) is 9.69 Å². The summed E-state index contributed by atoms with van der Waals surface area (Å²) in [6.45, 7) is 9.25. The van der Waals surface area contributed by atoms with Crippen LogP contribution >= 0.6 is 0 Å². The van der Waals surface area contributed by atoms with Gasteiger partial charge in [-0.1, -0.05) is 12.1 Å². The number of carbonyl (C=O) groups is 1. The van der Waals surface area contributed by atoms with Crippen molar-refractivity contribution in [1.82, 2.24) is 9.80 Å². The van der Waals surface area contributed by atoms with Crippen LogP contribution in [0.3, 0.4) is 0 Å². The molecule has 0 radical (unpaired) electrons. The summed E-state index contributed by atoms with van der Waals surface area (Å²) in [5.74, 6) is 1.54. The summed E-state index contributed by atoms with van der Waals surface area (Å²) in [6.07, 6.45) is 3.44. The van der Waals surface area contributed by atoms with E-state index in [4.69, 9.17) is 9.47 Å². The number of benzene rings is 1. The third-order valence-electron chi connectivity index (χ3n) is 5.28. The second kappa shape index (κ2) is 9.20. The molecule has 0 atom stereocenters. The van der Waals surface area contributed by atoms with Crippen molar-refractivity contribution in [1.29, 1.82) is 0 Å². The average Bonchev–Trinajstić information content (AvgIpc) is 2.68. The van der Waals surface area contributed by atoms with Crippen LogP contribution in [-0.4, -0.2) is 68.3 Å². The summed E-state index contributed by atoms with van der Waals surface area (Å²) in [7, 11) is 0. The highest BCUT2D eigenvalue weighted by Crippen LogP contribution is 2.25. The standard InChI is InChI=1S/C20H30N2O3/c1-2-25-19-6-4-3-5-18(19)20(23)22-11-8-17(9-12-22)7-10-21-13-15-24-16-14-21/h3-6,17H,2,7-16H2,1H3. The van der Waals surface area contributed by atoms with Gasteiger partial charge in [-0.15, -0.1) is 0 Å². The van der Waals surface area contributed by atoms with Crippen LogP contribution in [0.15, 0.2) is 24.3 Å². The highest BCUT2D eigenvalue weighted by atomic mass is 16.5. The zero-order valence-corrected chi connectivity index (χ0v) is 15.3. The fourth-order valence-electron chi connectivity index (χ4n) is 3.71. The van der Waals surface area contributed by atoms with Crippen molar-refractivity contribution in [3.05, 3.63) is 29.8 Å². The number of ether oxygens (including phenoxy) is 2. The number of likely N-dealkylation sites (tertiary alicyclic amines) is 1. The van der Waals surface area contributed by atoms with Crippen molar-refractivity contribution in [2.24, 2.45) is 5.92 Å². The number of amides is 1. The van der Waals surface area contributed by atoms with Gasteiger partial charge in [0.1, 0.15) is 5.75 Å². The molecule has 0 saturated carbocycles. The van der Waals surface area contributed by atoms with Crippen molar-refractivity contribution in [3.63, 3.8) is 0 Å². The van der Waals surface area contributed by atoms with Crippen LogP contribution in [0, 0.1) is 5.92 Å². The van der Waals surface area contributed by atoms with E-state index in [1.807, 2.05) is 36.1 Å². The molecule has 2 heterocycles. The van der Waals surface area contributed by atoms with Crippen LogP contribution in [0.25, 0.3) is 0 Å². The maximum Gasteiger partial charge on any atom is 0.257 e. The highest BCUT2D eigenvalue weighted by molar-refractivity contribution is 5.97. The Morgan fingerprint density at radius 2 is 1.88 bits per heavy atom. The van der Waals surface area contributed by atoms with Gasteiger partial charge in [0, 0.05) is 26.2 Å². The van der Waals surface area contributed by atoms with Gasteiger partial charge in [0.25, 0.3) is 5.91 Å². The number of hydrogen-bond acceptors (Lipinski definition) is 4. The van der Waals surface area contributed by atoms with E-state index in [9.17, 15) is 4.79 Å². The van der Waals surface area contributed by atoms with Gasteiger partial charge in [0.05, 0.1) is 25.4 Å². The molecule has 1 aromatic rings. The van der Waals surface area contributed by atoms with Crippen molar-refractivity contribution < 1.29 is 14.3 Å². The van der Waals surface area contributed by atoms with Crippen LogP contribution < -0.4 is 4.74 Å². The third kappa shape index (κ3) is 4.95. The molecule has 138 valence electrons. The lowest BCUT2D eigenvalue weighted by Gasteiger charge is -2.34. The van der Waals surface area contributed by atoms with Crippen LogP contribution in [-0.2, 0) is 4.74 Å². The molecule has 5 heteroatoms. The zero-order valence-electron chi connectivity index (χ0n) is 15.3. The fraction of sp³-hybridized carbons (Fsp3) is 0.650. The molecule has 1 aromatic carbocycles. The summed E-state index contributed by atoms with van der Waals surface area (Å²) >= 11 is 0. The Morgan fingerprint density at radius 3 is 2.60 bits per heavy atom. The topological polar surface area (TPSA) is 42.0 Å². The smallest absolute Gasteiger partial charge is 0.257 e. The van der Waals surface area contributed by atoms with Crippen molar-refractivity contribution in [2.75, 3.05) is 52.5 Å². The summed E-state index contributed by atoms with van der Waals surface area (Å²) in [5, 5.41) is 0. The van der Waals surface area contributed by atoms with E-state index in [2.05, 4.69) is 4.90 Å². The summed E-state index contributed by atoms with van der Waals surface area (Å²) in [6, 6.07) is 7.58. The van der Waals surface area contributed by atoms with E-state index in [0.29, 0.717) is 17.9 Å². The Labute approximate surface area is 150 Å². The van der Waals surface area contributed by atoms with E-state index >= 15 is 0 Å². The van der Waals surface area contributed by atoms with Gasteiger partial charge in [0.2, 0.25) is 0 Å². The molecular formula is C20H30N2O3. The summed E-state index contributed by atoms with van der Waals surface area (Å²) < 4.78 is 11.0. The molecule has 25 heavy (non-hydrogen) atoms. The molecule has 0 N–H and O–H groups in total. The van der Waals surface area contributed by atoms with Crippen molar-refractivity contribution in [2.45, 2.75) is 26.2 Å². The summed E-state index contributed by atoms with van der Waals surface area (Å²) in [4.78, 5) is 17.3. The average molecular weight is 346 g/mol. The van der Waals surface area contributed by atoms with E-state index in [-0.39, 0.29) is 5.91 Å². The number of para-hydroxylation sites is 1. The lowest BCUT2D eigenvalue weighted by Crippen LogP contribution is -2.41. The molecule has 3 rings (SSSR count). The quantitative estimate of drug-likeness (QED) is 0.794. The number of rotatable bonds is 6. The van der Waals surface area contributed by atoms with Gasteiger partial charge < -0.3 is 14.4 Å². The minimum Gasteiger partial charge on any atom is -0.493 e. The van der Waals surface area contributed by atoms with Crippen molar-refractivity contribution >= 4 is 5.91 Å². The maximum atomic E-state index is 12.8. The highest BCUT2D eigenvalue weighted by Gasteiger charge is 2.25. The molecule has 2 fully saturated rings. The van der Waals surface area contributed by atoms with Crippen LogP contribution in [0.1, 0.15) is 36.5 Å². The number of nitrogens with zero attached hydrogens (tertiary/aromatic N) is 2. The van der Waals surface area contributed by atoms with Crippen LogP contribution in [0.2, 0.25) is 0 Å². The molecule has 0 spiro atoms. The lowest BCUT2D eigenvalue weighted by molar-refractivity contribution is 0.0332. The Morgan fingerprint density at radius 1 is 1.16 bits per heavy atom. The normalized spacial score (nSPS) is 19.8. The van der Waals surface area contributed by atoms with Gasteiger partial charge in [-0.2, -0.15) is 0 Å². The maximum absolute atomic E-state index is 12.8. The SMILES string of the molecule is CCOc1ccccc1C(=O)N1CCC(CCN2CCOCC2)CC1. The van der Waals surface area contributed by atoms with Gasteiger partial charge in [-0.05, 0) is 50.8 Å². The molecule has 0 aromatic heterocycles. The molecule has 2 aliphatic rings. The first-order chi connectivity index (χ1) is 12.3. The first-order valence-corrected chi connectivity index (χ1v) is 9.59. The Kier molecular flexibility index (Phi) is 6.70. The predicted octanol–water partition coefficient (Wildman–Crippen LogP) is 2.66. The van der Waals surface area contributed by atoms with Gasteiger partial charge >= 0.3 is 0 Å². The number of morpholine rings is 1. The Bertz CT molecular complexity index is 550. The first kappa shape index (κ1) is 18.2. The third-order valence-corrected chi connectivity index (χ3v) is 5.28. The minimum atomic E-state index is 0.107. The summed E-state index contributed by atoms with van der Waals surface area (Å²) in [5.41, 5.74) is 0.691. The number of piperidine rings is 1. The monoisotopic (exact) mass is 346 g/mol. The molecule has 2 saturated heterocycles. The molecule has 0 bridgehead atoms. The van der Waals surface area contributed by atoms with Gasteiger partial charge in [-0.25, -0.2) is 0 Å². The fourth-order valence-corrected chi connectivity index (χ4v) is 3.71. The minimum absolute atomic E-state index is 0.107. The molecule has 5 nitrogen and oxygen atoms in total. The van der Waals surface area contributed by atoms with E-state index in [1.165, 1.54) is 6.42 Å². The molecule has 0 aliphatic carbocycles. The molecule has 2 aliphatic heterocycles. The predicted molar refractivity (Wildman–Crippen MR) is 98.1 cm³/mol. The molecule has 1 amide bonds. The Hall–Kier alpha value is -1.59. The first-order valence-electron chi connectivity index (χ1n) is 9.59. The van der Waals surface area contributed by atoms with Crippen LogP contribution in [0.4, 0.5) is 0 Å². The molecular weight excluding hydrogens is 316 g/mol. The zero-order chi connectivity index (χ0) is 17.5. The Balaban J connectivity index is 1.47. The largest absolute Gasteiger partial charge is 0.493 e. The van der Waals surface area contributed by atoms with E-state index in [1.54, 1.807) is 0 Å². The molecule has 0 unspecified atom stereocenters. The second-order valence-corrected chi connectivity index (χ2v) is 6.91. The number of hydrogen-bond donors (Lipinski definition) is 0. The number of carbonyl (C=O) groups excluding carboxylic acids is 1. The second-order valence-electron chi connectivity index (χ2n) is 6.91. The van der Waals surface area contributed by atoms with Crippen molar-refractivity contribution in [3.8, 4) is 5.75 Å². The lowest BCUT2D eigenvalue weighted by atomic mass is 9.93. The van der Waals surface area contributed by atoms with E-state index in [0.717, 1.165) is 64.7 Å². The van der Waals surface area contributed by atoms with Crippen LogP contribution in [0.5, 0.6) is 5.75 Å². The van der Waals surface area contributed by atoms with Gasteiger partial charge in [0.15, 0.2) is 0 Å².